The van der Waals surface area contributed by atoms with Crippen molar-refractivity contribution in [2.45, 2.75) is 25.0 Å². The lowest BCUT2D eigenvalue weighted by Gasteiger charge is -2.12. The molecule has 8 nitrogen and oxygen atoms in total. The Morgan fingerprint density at radius 1 is 1.26 bits per heavy atom. The minimum Gasteiger partial charge on any atom is -0.462 e. The number of nitrogens with zero attached hydrogens (tertiary/aromatic N) is 3. The average molecular weight is 386 g/mol. The summed E-state index contributed by atoms with van der Waals surface area (Å²) < 4.78 is 33.8. The molecule has 0 amide bonds. The molecule has 1 aliphatic carbocycles. The number of anilines is 1. The van der Waals surface area contributed by atoms with Gasteiger partial charge in [-0.25, -0.2) is 18.2 Å². The summed E-state index contributed by atoms with van der Waals surface area (Å²) in [6.45, 7) is 1.86. The normalized spacial score (nSPS) is 14.3. The van der Waals surface area contributed by atoms with Crippen molar-refractivity contribution >= 4 is 32.7 Å². The molecule has 4 rings (SSSR count). The molecule has 0 radical (unpaired) electrons. The van der Waals surface area contributed by atoms with E-state index in [1.807, 2.05) is 30.3 Å². The van der Waals surface area contributed by atoms with Crippen molar-refractivity contribution in [3.8, 4) is 5.82 Å². The summed E-state index contributed by atoms with van der Waals surface area (Å²) in [5.41, 5.74) is 0.787. The molecule has 0 bridgehead atoms. The zero-order valence-electron chi connectivity index (χ0n) is 14.6. The number of para-hydroxylation sites is 1. The molecule has 0 saturated heterocycles. The molecular weight excluding hydrogens is 368 g/mol. The van der Waals surface area contributed by atoms with Gasteiger partial charge in [0.2, 0.25) is 10.0 Å². The van der Waals surface area contributed by atoms with E-state index < -0.39 is 21.2 Å². The molecule has 0 spiro atoms. The van der Waals surface area contributed by atoms with E-state index in [2.05, 4.69) is 14.8 Å². The molecule has 27 heavy (non-hydrogen) atoms. The second kappa shape index (κ2) is 6.66. The van der Waals surface area contributed by atoms with E-state index in [0.29, 0.717) is 18.7 Å². The molecule has 0 atom stereocenters. The van der Waals surface area contributed by atoms with Gasteiger partial charge in [0.1, 0.15) is 5.56 Å². The predicted octanol–water partition coefficient (Wildman–Crippen LogP) is 2.50. The maximum absolute atomic E-state index is 12.5. The topological polar surface area (TPSA) is 103 Å². The van der Waals surface area contributed by atoms with Gasteiger partial charge in [0.15, 0.2) is 11.6 Å². The third-order valence-electron chi connectivity index (χ3n) is 4.27. The lowest BCUT2D eigenvalue weighted by molar-refractivity contribution is 0.0527. The van der Waals surface area contributed by atoms with Crippen LogP contribution in [0.15, 0.2) is 42.6 Å². The molecule has 2 heterocycles. The highest BCUT2D eigenvalue weighted by Gasteiger charge is 2.37. The Morgan fingerprint density at radius 2 is 2.04 bits per heavy atom. The second-order valence-electron chi connectivity index (χ2n) is 6.25. The molecule has 1 saturated carbocycles. The maximum atomic E-state index is 12.5. The fraction of sp³-hybridized carbons (Fsp3) is 0.278. The molecule has 9 heteroatoms. The first-order chi connectivity index (χ1) is 13.0. The third kappa shape index (κ3) is 3.37. The fourth-order valence-electron chi connectivity index (χ4n) is 2.75. The van der Waals surface area contributed by atoms with Crippen molar-refractivity contribution in [2.75, 3.05) is 11.3 Å². The summed E-state index contributed by atoms with van der Waals surface area (Å²) >= 11 is 0. The van der Waals surface area contributed by atoms with Gasteiger partial charge < -0.3 is 4.74 Å². The van der Waals surface area contributed by atoms with Crippen molar-refractivity contribution in [2.24, 2.45) is 0 Å². The minimum absolute atomic E-state index is 0.0446. The van der Waals surface area contributed by atoms with Crippen molar-refractivity contribution in [1.29, 1.82) is 0 Å². The minimum atomic E-state index is -3.60. The number of carbonyl (C=O) groups is 1. The summed E-state index contributed by atoms with van der Waals surface area (Å²) in [7, 11) is -3.60. The van der Waals surface area contributed by atoms with Crippen LogP contribution < -0.4 is 4.72 Å². The summed E-state index contributed by atoms with van der Waals surface area (Å²) in [6, 6.07) is 11.1. The highest BCUT2D eigenvalue weighted by Crippen LogP contribution is 2.31. The molecule has 0 aliphatic heterocycles. The first kappa shape index (κ1) is 17.5. The lowest BCUT2D eigenvalue weighted by Crippen LogP contribution is -2.21. The van der Waals surface area contributed by atoms with Gasteiger partial charge in [0, 0.05) is 5.39 Å². The zero-order valence-corrected chi connectivity index (χ0v) is 15.4. The molecule has 1 aromatic carbocycles. The molecule has 1 aliphatic rings. The van der Waals surface area contributed by atoms with Gasteiger partial charge in [0.05, 0.1) is 23.6 Å². The van der Waals surface area contributed by atoms with E-state index in [1.165, 1.54) is 10.9 Å². The van der Waals surface area contributed by atoms with Crippen LogP contribution in [0.25, 0.3) is 16.7 Å². The van der Waals surface area contributed by atoms with E-state index in [-0.39, 0.29) is 18.0 Å². The van der Waals surface area contributed by atoms with Gasteiger partial charge in [-0.2, -0.15) is 9.78 Å². The van der Waals surface area contributed by atoms with Gasteiger partial charge in [0.25, 0.3) is 0 Å². The number of hydrogen-bond donors (Lipinski definition) is 1. The number of hydrogen-bond acceptors (Lipinski definition) is 6. The van der Waals surface area contributed by atoms with Crippen LogP contribution in [0.4, 0.5) is 5.82 Å². The van der Waals surface area contributed by atoms with E-state index in [1.54, 1.807) is 13.0 Å². The summed E-state index contributed by atoms with van der Waals surface area (Å²) in [6.07, 6.45) is 2.50. The van der Waals surface area contributed by atoms with Crippen LogP contribution in [0.5, 0.6) is 0 Å². The average Bonchev–Trinajstić information content (AvgIpc) is 3.44. The standard InChI is InChI=1S/C18H18N4O4S/c1-2-26-18(23)14-11-19-22(17(14)21-27(24,25)13-8-9-13)16-10-7-12-5-3-4-6-15(12)20-16/h3-7,10-11,13,21H,2,8-9H2,1H3. The van der Waals surface area contributed by atoms with Gasteiger partial charge in [-0.05, 0) is 38.0 Å². The quantitative estimate of drug-likeness (QED) is 0.653. The van der Waals surface area contributed by atoms with Crippen LogP contribution in [-0.4, -0.2) is 41.0 Å². The molecule has 140 valence electrons. The maximum Gasteiger partial charge on any atom is 0.343 e. The molecule has 1 N–H and O–H groups in total. The Kier molecular flexibility index (Phi) is 4.31. The van der Waals surface area contributed by atoms with E-state index in [9.17, 15) is 13.2 Å². The van der Waals surface area contributed by atoms with Gasteiger partial charge in [-0.1, -0.05) is 18.2 Å². The SMILES string of the molecule is CCOC(=O)c1cnn(-c2ccc3ccccc3n2)c1NS(=O)(=O)C1CC1. The Labute approximate surface area is 156 Å². The summed E-state index contributed by atoms with van der Waals surface area (Å²) in [5, 5.41) is 4.69. The Balaban J connectivity index is 1.82. The van der Waals surface area contributed by atoms with E-state index >= 15 is 0 Å². The predicted molar refractivity (Wildman–Crippen MR) is 100 cm³/mol. The van der Waals surface area contributed by atoms with E-state index in [0.717, 1.165) is 10.9 Å². The second-order valence-corrected chi connectivity index (χ2v) is 8.21. The van der Waals surface area contributed by atoms with Crippen LogP contribution in [0.1, 0.15) is 30.1 Å². The highest BCUT2D eigenvalue weighted by atomic mass is 32.2. The van der Waals surface area contributed by atoms with Gasteiger partial charge in [-0.15, -0.1) is 0 Å². The monoisotopic (exact) mass is 386 g/mol. The number of fused-ring (bicyclic) bond motifs is 1. The number of rotatable bonds is 6. The Hall–Kier alpha value is -2.94. The molecule has 3 aromatic rings. The molecule has 0 unspecified atom stereocenters. The lowest BCUT2D eigenvalue weighted by atomic mass is 10.2. The molecule has 2 aromatic heterocycles. The third-order valence-corrected chi connectivity index (χ3v) is 6.09. The Morgan fingerprint density at radius 3 is 2.78 bits per heavy atom. The summed E-state index contributed by atoms with van der Waals surface area (Å²) in [4.78, 5) is 16.8. The van der Waals surface area contributed by atoms with E-state index in [4.69, 9.17) is 4.74 Å². The number of sulfonamides is 1. The number of nitrogens with one attached hydrogen (secondary N) is 1. The van der Waals surface area contributed by atoms with Gasteiger partial charge in [-0.3, -0.25) is 4.72 Å². The smallest absolute Gasteiger partial charge is 0.343 e. The van der Waals surface area contributed by atoms with Crippen molar-refractivity contribution in [3.63, 3.8) is 0 Å². The van der Waals surface area contributed by atoms with Crippen LogP contribution in [0.3, 0.4) is 0 Å². The number of carbonyl (C=O) groups excluding carboxylic acids is 1. The zero-order chi connectivity index (χ0) is 19.0. The highest BCUT2D eigenvalue weighted by molar-refractivity contribution is 7.93. The fourth-order valence-corrected chi connectivity index (χ4v) is 4.14. The summed E-state index contributed by atoms with van der Waals surface area (Å²) in [5.74, 6) is -0.195. The van der Waals surface area contributed by atoms with Crippen LogP contribution in [0.2, 0.25) is 0 Å². The first-order valence-electron chi connectivity index (χ1n) is 8.62. The van der Waals surface area contributed by atoms with Crippen molar-refractivity contribution < 1.29 is 17.9 Å². The number of benzene rings is 1. The molecule has 1 fully saturated rings. The van der Waals surface area contributed by atoms with Crippen LogP contribution in [0, 0.1) is 0 Å². The number of ether oxygens (including phenoxy) is 1. The Bertz CT molecular complexity index is 1120. The van der Waals surface area contributed by atoms with Crippen molar-refractivity contribution in [3.05, 3.63) is 48.2 Å². The van der Waals surface area contributed by atoms with Crippen LogP contribution in [-0.2, 0) is 14.8 Å². The van der Waals surface area contributed by atoms with Crippen LogP contribution >= 0.6 is 0 Å². The van der Waals surface area contributed by atoms with Crippen molar-refractivity contribution in [1.82, 2.24) is 14.8 Å². The van der Waals surface area contributed by atoms with Gasteiger partial charge >= 0.3 is 5.97 Å². The largest absolute Gasteiger partial charge is 0.462 e. The molecular formula is C18H18N4O4S. The number of pyridine rings is 1. The number of aromatic nitrogens is 3. The first-order valence-corrected chi connectivity index (χ1v) is 10.2. The number of esters is 1.